The highest BCUT2D eigenvalue weighted by Crippen LogP contribution is 2.20. The smallest absolute Gasteiger partial charge is 0.270 e. The molecule has 0 radical (unpaired) electrons. The normalized spacial score (nSPS) is 10.7. The first-order valence-corrected chi connectivity index (χ1v) is 7.21. The van der Waals surface area contributed by atoms with E-state index in [4.69, 9.17) is 23.2 Å². The lowest BCUT2D eigenvalue weighted by molar-refractivity contribution is -0.384. The van der Waals surface area contributed by atoms with Crippen LogP contribution in [0.1, 0.15) is 11.1 Å². The number of hydrogen-bond donors (Lipinski definition) is 1. The maximum atomic E-state index is 11.7. The summed E-state index contributed by atoms with van der Waals surface area (Å²) < 4.78 is 0. The second-order valence-corrected chi connectivity index (χ2v) is 5.40. The predicted octanol–water partition coefficient (Wildman–Crippen LogP) is 3.59. The lowest BCUT2D eigenvalue weighted by Gasteiger charge is -2.01. The first kappa shape index (κ1) is 16.9. The Hall–Kier alpha value is -2.44. The van der Waals surface area contributed by atoms with E-state index in [0.29, 0.717) is 15.6 Å². The molecule has 0 spiro atoms. The Labute approximate surface area is 141 Å². The van der Waals surface area contributed by atoms with Crippen molar-refractivity contribution in [3.05, 3.63) is 73.8 Å². The number of non-ortho nitro benzene ring substituents is 1. The average molecular weight is 352 g/mol. The van der Waals surface area contributed by atoms with Crippen LogP contribution in [0.2, 0.25) is 10.0 Å². The highest BCUT2D eigenvalue weighted by molar-refractivity contribution is 6.33. The van der Waals surface area contributed by atoms with Crippen LogP contribution >= 0.6 is 23.2 Å². The summed E-state index contributed by atoms with van der Waals surface area (Å²) in [6.45, 7) is 0. The number of nitrogens with one attached hydrogen (secondary N) is 1. The molecule has 0 fully saturated rings. The van der Waals surface area contributed by atoms with Crippen LogP contribution < -0.4 is 5.43 Å². The second-order valence-electron chi connectivity index (χ2n) is 4.56. The Kier molecular flexibility index (Phi) is 5.67. The number of carbonyl (C=O) groups is 1. The van der Waals surface area contributed by atoms with Crippen LogP contribution in [0.25, 0.3) is 0 Å². The first-order chi connectivity index (χ1) is 11.0. The maximum absolute atomic E-state index is 11.7. The average Bonchev–Trinajstić information content (AvgIpc) is 2.51. The van der Waals surface area contributed by atoms with Gasteiger partial charge < -0.3 is 0 Å². The van der Waals surface area contributed by atoms with Crippen LogP contribution in [0.3, 0.4) is 0 Å². The summed E-state index contributed by atoms with van der Waals surface area (Å²) in [7, 11) is 0. The van der Waals surface area contributed by atoms with Crippen molar-refractivity contribution in [1.82, 2.24) is 5.43 Å². The summed E-state index contributed by atoms with van der Waals surface area (Å²) in [5.41, 5.74) is 3.36. The summed E-state index contributed by atoms with van der Waals surface area (Å²) in [5.74, 6) is -0.329. The number of hydrazone groups is 1. The fourth-order valence-corrected chi connectivity index (χ4v) is 2.04. The molecule has 2 rings (SSSR count). The van der Waals surface area contributed by atoms with Gasteiger partial charge in [0, 0.05) is 27.7 Å². The van der Waals surface area contributed by atoms with Crippen molar-refractivity contribution in [3.63, 3.8) is 0 Å². The van der Waals surface area contributed by atoms with Crippen LogP contribution in [-0.4, -0.2) is 17.0 Å². The number of benzene rings is 2. The predicted molar refractivity (Wildman–Crippen MR) is 89.0 cm³/mol. The van der Waals surface area contributed by atoms with Crippen LogP contribution in [0.15, 0.2) is 47.6 Å². The van der Waals surface area contributed by atoms with Crippen LogP contribution in [0.4, 0.5) is 5.69 Å². The van der Waals surface area contributed by atoms with Gasteiger partial charge in [0.2, 0.25) is 5.91 Å². The van der Waals surface area contributed by atoms with Gasteiger partial charge in [0.05, 0.1) is 17.6 Å². The minimum atomic E-state index is -0.535. The number of halogens is 2. The molecule has 118 valence electrons. The molecule has 0 unspecified atom stereocenters. The van der Waals surface area contributed by atoms with Gasteiger partial charge in [-0.2, -0.15) is 5.10 Å². The molecule has 2 aromatic rings. The molecule has 0 aliphatic carbocycles. The van der Waals surface area contributed by atoms with Crippen molar-refractivity contribution in [1.29, 1.82) is 0 Å². The molecule has 0 aromatic heterocycles. The zero-order valence-corrected chi connectivity index (χ0v) is 13.2. The first-order valence-electron chi connectivity index (χ1n) is 6.46. The largest absolute Gasteiger partial charge is 0.273 e. The Morgan fingerprint density at radius 3 is 2.57 bits per heavy atom. The molecule has 0 saturated carbocycles. The van der Waals surface area contributed by atoms with E-state index in [9.17, 15) is 14.9 Å². The summed E-state index contributed by atoms with van der Waals surface area (Å²) in [5, 5.41) is 15.4. The number of amides is 1. The number of nitro groups is 1. The standard InChI is InChI=1S/C15H11Cl2N3O3/c16-12-3-1-10(2-4-12)7-15(21)19-18-9-11-8-13(20(22)23)5-6-14(11)17/h1-6,8-9H,7H2,(H,19,21)/b18-9-. The highest BCUT2D eigenvalue weighted by Gasteiger charge is 2.08. The molecule has 0 atom stereocenters. The van der Waals surface area contributed by atoms with E-state index in [0.717, 1.165) is 5.56 Å². The van der Waals surface area contributed by atoms with Crippen molar-refractivity contribution >= 4 is 41.0 Å². The van der Waals surface area contributed by atoms with Gasteiger partial charge in [0.15, 0.2) is 0 Å². The van der Waals surface area contributed by atoms with E-state index >= 15 is 0 Å². The summed E-state index contributed by atoms with van der Waals surface area (Å²) in [6, 6.07) is 10.8. The second kappa shape index (κ2) is 7.71. The quantitative estimate of drug-likeness (QED) is 0.507. The molecule has 0 saturated heterocycles. The topological polar surface area (TPSA) is 84.6 Å². The van der Waals surface area contributed by atoms with E-state index in [1.807, 2.05) is 0 Å². The lowest BCUT2D eigenvalue weighted by Crippen LogP contribution is -2.19. The minimum Gasteiger partial charge on any atom is -0.273 e. The summed E-state index contributed by atoms with van der Waals surface area (Å²) >= 11 is 11.7. The van der Waals surface area contributed by atoms with Crippen molar-refractivity contribution in [2.24, 2.45) is 5.10 Å². The molecule has 8 heteroatoms. The number of carbonyl (C=O) groups excluding carboxylic acids is 1. The van der Waals surface area contributed by atoms with E-state index in [1.165, 1.54) is 24.4 Å². The molecule has 0 heterocycles. The molecule has 0 aliphatic heterocycles. The van der Waals surface area contributed by atoms with Gasteiger partial charge in [-0.1, -0.05) is 35.3 Å². The molecule has 2 aromatic carbocycles. The van der Waals surface area contributed by atoms with Gasteiger partial charge in [0.1, 0.15) is 0 Å². The van der Waals surface area contributed by atoms with Gasteiger partial charge in [-0.25, -0.2) is 5.43 Å². The minimum absolute atomic E-state index is 0.108. The fraction of sp³-hybridized carbons (Fsp3) is 0.0667. The summed E-state index contributed by atoms with van der Waals surface area (Å²) in [6.07, 6.45) is 1.40. The number of rotatable bonds is 5. The van der Waals surface area contributed by atoms with Crippen molar-refractivity contribution in [3.8, 4) is 0 Å². The fourth-order valence-electron chi connectivity index (χ4n) is 1.74. The summed E-state index contributed by atoms with van der Waals surface area (Å²) in [4.78, 5) is 21.9. The molecule has 1 N–H and O–H groups in total. The third-order valence-corrected chi connectivity index (χ3v) is 3.46. The van der Waals surface area contributed by atoms with Crippen LogP contribution in [0.5, 0.6) is 0 Å². The number of nitro benzene ring substituents is 1. The van der Waals surface area contributed by atoms with Gasteiger partial charge in [0.25, 0.3) is 5.69 Å². The monoisotopic (exact) mass is 351 g/mol. The van der Waals surface area contributed by atoms with Gasteiger partial charge >= 0.3 is 0 Å². The number of hydrogen-bond acceptors (Lipinski definition) is 4. The van der Waals surface area contributed by atoms with Crippen molar-refractivity contribution in [2.75, 3.05) is 0 Å². The maximum Gasteiger partial charge on any atom is 0.270 e. The zero-order chi connectivity index (χ0) is 16.8. The zero-order valence-electron chi connectivity index (χ0n) is 11.7. The van der Waals surface area contributed by atoms with Gasteiger partial charge in [-0.05, 0) is 23.8 Å². The van der Waals surface area contributed by atoms with E-state index in [2.05, 4.69) is 10.5 Å². The highest BCUT2D eigenvalue weighted by atomic mass is 35.5. The molecule has 23 heavy (non-hydrogen) atoms. The molecule has 0 aliphatic rings. The van der Waals surface area contributed by atoms with E-state index < -0.39 is 4.92 Å². The van der Waals surface area contributed by atoms with E-state index in [-0.39, 0.29) is 18.0 Å². The van der Waals surface area contributed by atoms with Gasteiger partial charge in [-0.3, -0.25) is 14.9 Å². The van der Waals surface area contributed by atoms with Crippen LogP contribution in [0, 0.1) is 10.1 Å². The Bertz CT molecular complexity index is 761. The molecule has 6 nitrogen and oxygen atoms in total. The third-order valence-electron chi connectivity index (χ3n) is 2.86. The van der Waals surface area contributed by atoms with Gasteiger partial charge in [-0.15, -0.1) is 0 Å². The SMILES string of the molecule is O=C(Cc1ccc(Cl)cc1)N/N=C\c1cc([N+](=O)[O-])ccc1Cl. The number of nitrogens with zero attached hydrogens (tertiary/aromatic N) is 2. The third kappa shape index (κ3) is 5.05. The molecular formula is C15H11Cl2N3O3. The Morgan fingerprint density at radius 1 is 1.22 bits per heavy atom. The van der Waals surface area contributed by atoms with E-state index in [1.54, 1.807) is 24.3 Å². The van der Waals surface area contributed by atoms with Crippen molar-refractivity contribution < 1.29 is 9.72 Å². The molecular weight excluding hydrogens is 341 g/mol. The van der Waals surface area contributed by atoms with Crippen molar-refractivity contribution in [2.45, 2.75) is 6.42 Å². The molecule has 1 amide bonds. The Balaban J connectivity index is 1.98. The molecule has 0 bridgehead atoms. The van der Waals surface area contributed by atoms with Crippen LogP contribution in [-0.2, 0) is 11.2 Å². The Morgan fingerprint density at radius 2 is 1.91 bits per heavy atom. The lowest BCUT2D eigenvalue weighted by atomic mass is 10.1.